The number of primary amides is 1. The molecule has 4 amide bonds. The summed E-state index contributed by atoms with van der Waals surface area (Å²) in [5.74, 6) is -3.13. The van der Waals surface area contributed by atoms with Crippen LogP contribution in [0.4, 0.5) is 10.5 Å². The van der Waals surface area contributed by atoms with Gasteiger partial charge in [-0.05, 0) is 0 Å². The van der Waals surface area contributed by atoms with Crippen molar-refractivity contribution in [2.75, 3.05) is 16.8 Å². The van der Waals surface area contributed by atoms with E-state index in [0.29, 0.717) is 5.69 Å². The molecule has 0 aliphatic rings. The fraction of sp³-hybridized carbons (Fsp3) is 0.353. The minimum absolute atomic E-state index is 0.0844. The third-order valence-electron chi connectivity index (χ3n) is 3.41. The quantitative estimate of drug-likeness (QED) is 0.193. The summed E-state index contributed by atoms with van der Waals surface area (Å²) in [4.78, 5) is 56.3. The van der Waals surface area contributed by atoms with Crippen molar-refractivity contribution in [3.8, 4) is 0 Å². The fourth-order valence-corrected chi connectivity index (χ4v) is 14.6. The van der Waals surface area contributed by atoms with Gasteiger partial charge in [-0.15, -0.1) is 0 Å². The number of hydrogen-bond donors (Lipinski definition) is 6. The number of nitrogens with one attached hydrogen (secondary N) is 3. The van der Waals surface area contributed by atoms with Crippen molar-refractivity contribution in [2.24, 2.45) is 5.73 Å². The molecule has 2 atom stereocenters. The summed E-state index contributed by atoms with van der Waals surface area (Å²) in [7, 11) is 2.68. The standard InChI is InChI=1S/C17H23AsN4O7S2/c1-9(23)20-13(15(25)26)7-30-18(31-8-14(16(27)28)21-10(2)24)11-3-5-12(6-4-11)22-17(19)29/h3-6,13-14H,7-8H2,1-2H3,(H,20,23)(H,21,24)(H,25,26)(H,27,28)(H3,19,22,29). The first kappa shape index (κ1) is 26.7. The molecule has 14 heteroatoms. The van der Waals surface area contributed by atoms with E-state index < -0.39 is 54.2 Å². The minimum atomic E-state index is -2.16. The number of nitrogens with two attached hydrogens (primary N) is 1. The number of amides is 4. The molecule has 0 heterocycles. The van der Waals surface area contributed by atoms with E-state index in [-0.39, 0.29) is 11.5 Å². The van der Waals surface area contributed by atoms with Gasteiger partial charge in [-0.25, -0.2) is 0 Å². The van der Waals surface area contributed by atoms with Crippen LogP contribution in [0.25, 0.3) is 0 Å². The van der Waals surface area contributed by atoms with Crippen LogP contribution in [0.5, 0.6) is 0 Å². The molecular formula is C17H23AsN4O7S2. The molecule has 7 N–H and O–H groups in total. The van der Waals surface area contributed by atoms with Gasteiger partial charge in [0.15, 0.2) is 0 Å². The Morgan fingerprint density at radius 2 is 1.32 bits per heavy atom. The van der Waals surface area contributed by atoms with Gasteiger partial charge in [-0.1, -0.05) is 0 Å². The summed E-state index contributed by atoms with van der Waals surface area (Å²) in [6.45, 7) is 2.44. The van der Waals surface area contributed by atoms with Gasteiger partial charge >= 0.3 is 190 Å². The van der Waals surface area contributed by atoms with Crippen molar-refractivity contribution in [1.82, 2.24) is 10.6 Å². The summed E-state index contributed by atoms with van der Waals surface area (Å²) in [6.07, 6.45) is 0. The van der Waals surface area contributed by atoms with Crippen LogP contribution in [0, 0.1) is 0 Å². The van der Waals surface area contributed by atoms with E-state index in [1.165, 1.54) is 33.9 Å². The van der Waals surface area contributed by atoms with Gasteiger partial charge in [0.05, 0.1) is 0 Å². The van der Waals surface area contributed by atoms with Crippen LogP contribution in [-0.2, 0) is 19.2 Å². The van der Waals surface area contributed by atoms with Gasteiger partial charge in [0, 0.05) is 0 Å². The number of aliphatic carboxylic acids is 2. The van der Waals surface area contributed by atoms with Crippen LogP contribution in [0.3, 0.4) is 0 Å². The number of carboxylic acid groups (broad SMARTS) is 2. The Kier molecular flexibility index (Phi) is 11.3. The monoisotopic (exact) mass is 534 g/mol. The average Bonchev–Trinajstić information content (AvgIpc) is 2.65. The van der Waals surface area contributed by atoms with E-state index in [4.69, 9.17) is 5.73 Å². The van der Waals surface area contributed by atoms with Gasteiger partial charge in [-0.3, -0.25) is 0 Å². The number of benzene rings is 1. The van der Waals surface area contributed by atoms with Crippen LogP contribution in [0.15, 0.2) is 24.3 Å². The Hall–Kier alpha value is -2.37. The number of anilines is 1. The van der Waals surface area contributed by atoms with Crippen LogP contribution >= 0.6 is 20.0 Å². The molecule has 1 aromatic carbocycles. The molecule has 0 aliphatic heterocycles. The van der Waals surface area contributed by atoms with Gasteiger partial charge in [0.1, 0.15) is 0 Å². The van der Waals surface area contributed by atoms with Crippen molar-refractivity contribution >= 4 is 72.2 Å². The molecule has 170 valence electrons. The average molecular weight is 534 g/mol. The Labute approximate surface area is 189 Å². The van der Waals surface area contributed by atoms with Crippen LogP contribution in [0.2, 0.25) is 0 Å². The van der Waals surface area contributed by atoms with E-state index >= 15 is 0 Å². The summed E-state index contributed by atoms with van der Waals surface area (Å²) in [6, 6.07) is 3.84. The van der Waals surface area contributed by atoms with E-state index in [1.54, 1.807) is 24.3 Å². The maximum atomic E-state index is 11.4. The first-order valence-electron chi connectivity index (χ1n) is 8.72. The molecule has 0 aromatic heterocycles. The molecule has 1 aromatic rings. The molecule has 2 unspecified atom stereocenters. The van der Waals surface area contributed by atoms with Gasteiger partial charge in [0.2, 0.25) is 0 Å². The summed E-state index contributed by atoms with van der Waals surface area (Å²) >= 11 is -2.16. The normalized spacial score (nSPS) is 13.4. The van der Waals surface area contributed by atoms with Crippen molar-refractivity contribution in [1.29, 1.82) is 0 Å². The van der Waals surface area contributed by atoms with E-state index in [0.717, 1.165) is 4.35 Å². The molecule has 0 saturated heterocycles. The maximum absolute atomic E-state index is 11.4. The van der Waals surface area contributed by atoms with E-state index in [2.05, 4.69) is 16.0 Å². The number of carbonyl (C=O) groups excluding carboxylic acids is 3. The van der Waals surface area contributed by atoms with Crippen LogP contribution < -0.4 is 26.0 Å². The first-order valence-corrected chi connectivity index (χ1v) is 16.1. The number of urea groups is 1. The molecule has 0 aliphatic carbocycles. The van der Waals surface area contributed by atoms with E-state index in [9.17, 15) is 34.2 Å². The molecule has 0 radical (unpaired) electrons. The molecule has 11 nitrogen and oxygen atoms in total. The van der Waals surface area contributed by atoms with Gasteiger partial charge < -0.3 is 0 Å². The molecular weight excluding hydrogens is 511 g/mol. The number of rotatable bonds is 12. The SMILES string of the molecule is CC(=O)NC(CS[As](SCC(NC(C)=O)C(=O)O)c1ccc(NC(N)=O)cc1)C(=O)O. The molecule has 31 heavy (non-hydrogen) atoms. The Morgan fingerprint density at radius 3 is 1.65 bits per heavy atom. The summed E-state index contributed by atoms with van der Waals surface area (Å²) < 4.78 is 0.858. The molecule has 0 bridgehead atoms. The second kappa shape index (κ2) is 13.1. The Bertz CT molecular complexity index is 787. The van der Waals surface area contributed by atoms with Crippen molar-refractivity contribution in [3.05, 3.63) is 24.3 Å². The molecule has 0 fully saturated rings. The Balaban J connectivity index is 3.00. The second-order valence-electron chi connectivity index (χ2n) is 6.07. The number of hydrogen-bond acceptors (Lipinski definition) is 7. The molecule has 0 spiro atoms. The second-order valence-corrected chi connectivity index (χ2v) is 17.7. The third-order valence-corrected chi connectivity index (χ3v) is 16.7. The Morgan fingerprint density at radius 1 is 0.903 bits per heavy atom. The zero-order valence-corrected chi connectivity index (χ0v) is 20.2. The van der Waals surface area contributed by atoms with Gasteiger partial charge in [0.25, 0.3) is 0 Å². The van der Waals surface area contributed by atoms with Crippen molar-refractivity contribution < 1.29 is 34.2 Å². The van der Waals surface area contributed by atoms with Crippen molar-refractivity contribution in [3.63, 3.8) is 0 Å². The fourth-order valence-electron chi connectivity index (χ4n) is 2.12. The summed E-state index contributed by atoms with van der Waals surface area (Å²) in [5, 5.41) is 25.8. The third kappa shape index (κ3) is 10.5. The topological polar surface area (TPSA) is 188 Å². The zero-order chi connectivity index (χ0) is 23.6. The van der Waals surface area contributed by atoms with Crippen LogP contribution in [0.1, 0.15) is 13.8 Å². The first-order chi connectivity index (χ1) is 14.5. The number of carboxylic acids is 2. The van der Waals surface area contributed by atoms with Gasteiger partial charge in [-0.2, -0.15) is 0 Å². The van der Waals surface area contributed by atoms with Crippen LogP contribution in [-0.4, -0.2) is 75.9 Å². The predicted octanol–water partition coefficient (Wildman–Crippen LogP) is -0.483. The van der Waals surface area contributed by atoms with Crippen molar-refractivity contribution in [2.45, 2.75) is 25.9 Å². The van der Waals surface area contributed by atoms with E-state index in [1.807, 2.05) is 0 Å². The summed E-state index contributed by atoms with van der Waals surface area (Å²) in [5.41, 5.74) is 5.57. The molecule has 1 rings (SSSR count). The number of carbonyl (C=O) groups is 5. The zero-order valence-electron chi connectivity index (χ0n) is 16.7. The molecule has 0 saturated carbocycles. The predicted molar refractivity (Wildman–Crippen MR) is 120 cm³/mol.